The summed E-state index contributed by atoms with van der Waals surface area (Å²) in [6, 6.07) is 4.80. The molecular weight excluding hydrogens is 356 g/mol. The fourth-order valence-corrected chi connectivity index (χ4v) is 3.76. The Hall–Kier alpha value is -2.54. The van der Waals surface area contributed by atoms with E-state index in [0.29, 0.717) is 30.3 Å². The van der Waals surface area contributed by atoms with E-state index in [2.05, 4.69) is 34.7 Å². The number of piperidine rings is 1. The second-order valence-electron chi connectivity index (χ2n) is 7.59. The highest BCUT2D eigenvalue weighted by atomic mass is 16.5. The van der Waals surface area contributed by atoms with Crippen LogP contribution in [0.2, 0.25) is 0 Å². The zero-order valence-electron chi connectivity index (χ0n) is 17.0. The van der Waals surface area contributed by atoms with Crippen LogP contribution in [0, 0.1) is 0 Å². The van der Waals surface area contributed by atoms with Crippen LogP contribution in [0.5, 0.6) is 11.5 Å². The van der Waals surface area contributed by atoms with Gasteiger partial charge < -0.3 is 24.2 Å². The number of aromatic hydroxyl groups is 1. The van der Waals surface area contributed by atoms with Crippen molar-refractivity contribution in [2.24, 2.45) is 0 Å². The van der Waals surface area contributed by atoms with E-state index in [4.69, 9.17) is 4.74 Å². The standard InChI is InChI=1S/C21H30N4O3/c1-23(2)10-4-11-24-14-9-22-20(24)16-7-12-25(13-8-16)21(27)18-6-5-17(28-3)15-19(18)26/h5-6,9,14-16,26H,4,7-8,10-13H2,1-3H3. The highest BCUT2D eigenvalue weighted by Crippen LogP contribution is 2.30. The highest BCUT2D eigenvalue weighted by Gasteiger charge is 2.28. The van der Waals surface area contributed by atoms with Crippen molar-refractivity contribution in [1.29, 1.82) is 0 Å². The molecule has 2 aromatic rings. The molecule has 0 bridgehead atoms. The van der Waals surface area contributed by atoms with Gasteiger partial charge in [-0.25, -0.2) is 4.98 Å². The van der Waals surface area contributed by atoms with Gasteiger partial charge in [0.25, 0.3) is 5.91 Å². The Morgan fingerprint density at radius 2 is 2.07 bits per heavy atom. The number of hydrogen-bond acceptors (Lipinski definition) is 5. The van der Waals surface area contributed by atoms with Crippen LogP contribution in [0.1, 0.15) is 41.4 Å². The number of carbonyl (C=O) groups is 1. The lowest BCUT2D eigenvalue weighted by atomic mass is 9.95. The number of rotatable bonds is 7. The van der Waals surface area contributed by atoms with Gasteiger partial charge in [0.1, 0.15) is 17.3 Å². The van der Waals surface area contributed by atoms with Crippen LogP contribution in [-0.4, -0.2) is 71.2 Å². The second-order valence-corrected chi connectivity index (χ2v) is 7.59. The molecule has 1 aromatic heterocycles. The zero-order chi connectivity index (χ0) is 20.1. The molecule has 1 aliphatic heterocycles. The van der Waals surface area contributed by atoms with Gasteiger partial charge in [0.05, 0.1) is 12.7 Å². The first kappa shape index (κ1) is 20.2. The molecule has 7 nitrogen and oxygen atoms in total. The Labute approximate surface area is 166 Å². The molecule has 0 unspecified atom stereocenters. The number of methoxy groups -OCH3 is 1. The van der Waals surface area contributed by atoms with Gasteiger partial charge in [0.15, 0.2) is 0 Å². The number of phenols is 1. The number of aromatic nitrogens is 2. The minimum Gasteiger partial charge on any atom is -0.507 e. The first-order valence-electron chi connectivity index (χ1n) is 9.81. The van der Waals surface area contributed by atoms with Gasteiger partial charge in [0.2, 0.25) is 0 Å². The van der Waals surface area contributed by atoms with Crippen LogP contribution in [0.4, 0.5) is 0 Å². The average Bonchev–Trinajstić information content (AvgIpc) is 3.15. The quantitative estimate of drug-likeness (QED) is 0.792. The van der Waals surface area contributed by atoms with Crippen molar-refractivity contribution in [2.75, 3.05) is 40.8 Å². The lowest BCUT2D eigenvalue weighted by molar-refractivity contribution is 0.0707. The van der Waals surface area contributed by atoms with E-state index in [1.165, 1.54) is 13.2 Å². The monoisotopic (exact) mass is 386 g/mol. The minimum atomic E-state index is -0.132. The van der Waals surface area contributed by atoms with Crippen LogP contribution in [0.25, 0.3) is 0 Å². The van der Waals surface area contributed by atoms with E-state index >= 15 is 0 Å². The summed E-state index contributed by atoms with van der Waals surface area (Å²) >= 11 is 0. The molecule has 0 spiro atoms. The molecule has 1 N–H and O–H groups in total. The number of ether oxygens (including phenoxy) is 1. The van der Waals surface area contributed by atoms with E-state index in [0.717, 1.165) is 38.2 Å². The van der Waals surface area contributed by atoms with Crippen LogP contribution >= 0.6 is 0 Å². The van der Waals surface area contributed by atoms with Gasteiger partial charge in [-0.05, 0) is 52.0 Å². The SMILES string of the molecule is COc1ccc(C(=O)N2CCC(c3nccn3CCCN(C)C)CC2)c(O)c1. The number of benzene rings is 1. The predicted molar refractivity (Wildman–Crippen MR) is 108 cm³/mol. The molecule has 1 aliphatic rings. The lowest BCUT2D eigenvalue weighted by Crippen LogP contribution is -2.38. The first-order valence-corrected chi connectivity index (χ1v) is 9.81. The van der Waals surface area contributed by atoms with Crippen molar-refractivity contribution in [1.82, 2.24) is 19.4 Å². The number of phenolic OH excluding ortho intramolecular Hbond substituents is 1. The van der Waals surface area contributed by atoms with Crippen molar-refractivity contribution in [2.45, 2.75) is 31.7 Å². The summed E-state index contributed by atoms with van der Waals surface area (Å²) in [5.41, 5.74) is 0.324. The number of hydrogen-bond donors (Lipinski definition) is 1. The summed E-state index contributed by atoms with van der Waals surface area (Å²) in [4.78, 5) is 21.4. The Kier molecular flexibility index (Phi) is 6.57. The summed E-state index contributed by atoms with van der Waals surface area (Å²) < 4.78 is 7.34. The molecule has 0 saturated carbocycles. The molecule has 0 atom stereocenters. The van der Waals surface area contributed by atoms with Crippen molar-refractivity contribution in [3.05, 3.63) is 42.0 Å². The molecule has 1 saturated heterocycles. The van der Waals surface area contributed by atoms with E-state index in [9.17, 15) is 9.90 Å². The fraction of sp³-hybridized carbons (Fsp3) is 0.524. The summed E-state index contributed by atoms with van der Waals surface area (Å²) in [5, 5.41) is 10.1. The highest BCUT2D eigenvalue weighted by molar-refractivity contribution is 5.97. The third-order valence-electron chi connectivity index (χ3n) is 5.33. The number of nitrogens with zero attached hydrogens (tertiary/aromatic N) is 4. The third-order valence-corrected chi connectivity index (χ3v) is 5.33. The topological polar surface area (TPSA) is 70.8 Å². The molecule has 7 heteroatoms. The van der Waals surface area contributed by atoms with E-state index in [1.54, 1.807) is 12.1 Å². The van der Waals surface area contributed by atoms with Gasteiger partial charge in [-0.2, -0.15) is 0 Å². The molecule has 0 radical (unpaired) electrons. The summed E-state index contributed by atoms with van der Waals surface area (Å²) in [6.07, 6.45) is 6.78. The molecule has 1 fully saturated rings. The number of imidazole rings is 1. The Bertz CT molecular complexity index is 795. The van der Waals surface area contributed by atoms with Crippen LogP contribution in [-0.2, 0) is 6.54 Å². The number of likely N-dealkylation sites (tertiary alicyclic amines) is 1. The van der Waals surface area contributed by atoms with Crippen LogP contribution in [0.3, 0.4) is 0 Å². The van der Waals surface area contributed by atoms with E-state index < -0.39 is 0 Å². The van der Waals surface area contributed by atoms with Gasteiger partial charge in [-0.15, -0.1) is 0 Å². The first-order chi connectivity index (χ1) is 13.5. The van der Waals surface area contributed by atoms with Gasteiger partial charge in [-0.3, -0.25) is 4.79 Å². The summed E-state index contributed by atoms with van der Waals surface area (Å²) in [5.74, 6) is 1.85. The third kappa shape index (κ3) is 4.65. The molecule has 0 aliphatic carbocycles. The van der Waals surface area contributed by atoms with Crippen molar-refractivity contribution >= 4 is 5.91 Å². The molecule has 3 rings (SSSR count). The Morgan fingerprint density at radius 3 is 2.71 bits per heavy atom. The van der Waals surface area contributed by atoms with Crippen molar-refractivity contribution < 1.29 is 14.6 Å². The number of aryl methyl sites for hydroxylation is 1. The largest absolute Gasteiger partial charge is 0.507 e. The van der Waals surface area contributed by atoms with E-state index in [1.807, 2.05) is 11.1 Å². The van der Waals surface area contributed by atoms with Gasteiger partial charge >= 0.3 is 0 Å². The Balaban J connectivity index is 1.59. The summed E-state index contributed by atoms with van der Waals surface area (Å²) in [6.45, 7) is 3.35. The maximum Gasteiger partial charge on any atom is 0.257 e. The van der Waals surface area contributed by atoms with Crippen LogP contribution in [0.15, 0.2) is 30.6 Å². The van der Waals surface area contributed by atoms with Crippen molar-refractivity contribution in [3.8, 4) is 11.5 Å². The lowest BCUT2D eigenvalue weighted by Gasteiger charge is -2.32. The number of carbonyl (C=O) groups excluding carboxylic acids is 1. The number of amides is 1. The molecular formula is C21H30N4O3. The minimum absolute atomic E-state index is 0.0390. The summed E-state index contributed by atoms with van der Waals surface area (Å²) in [7, 11) is 5.70. The molecule has 2 heterocycles. The zero-order valence-corrected chi connectivity index (χ0v) is 17.0. The molecule has 152 valence electrons. The normalized spacial score (nSPS) is 15.2. The second kappa shape index (κ2) is 9.10. The van der Waals surface area contributed by atoms with Crippen LogP contribution < -0.4 is 4.74 Å². The maximum absolute atomic E-state index is 12.8. The fourth-order valence-electron chi connectivity index (χ4n) is 3.76. The molecule has 1 aromatic carbocycles. The average molecular weight is 386 g/mol. The van der Waals surface area contributed by atoms with Gasteiger partial charge in [0, 0.05) is 44.0 Å². The van der Waals surface area contributed by atoms with E-state index in [-0.39, 0.29) is 11.7 Å². The predicted octanol–water partition coefficient (Wildman–Crippen LogP) is 2.57. The molecule has 1 amide bonds. The maximum atomic E-state index is 12.8. The van der Waals surface area contributed by atoms with Gasteiger partial charge in [-0.1, -0.05) is 0 Å². The smallest absolute Gasteiger partial charge is 0.257 e. The van der Waals surface area contributed by atoms with Crippen molar-refractivity contribution in [3.63, 3.8) is 0 Å². The molecule has 28 heavy (non-hydrogen) atoms. The Morgan fingerprint density at radius 1 is 1.32 bits per heavy atom.